The van der Waals surface area contributed by atoms with Gasteiger partial charge in [0.25, 0.3) is 11.2 Å². The van der Waals surface area contributed by atoms with Crippen LogP contribution in [-0.2, 0) is 16.1 Å². The third kappa shape index (κ3) is 3.67. The van der Waals surface area contributed by atoms with Crippen LogP contribution in [0.3, 0.4) is 0 Å². The van der Waals surface area contributed by atoms with Crippen molar-refractivity contribution in [1.29, 1.82) is 0 Å². The Morgan fingerprint density at radius 1 is 1.43 bits per heavy atom. The molecule has 1 aromatic carbocycles. The maximum atomic E-state index is 12.3. The minimum Gasteiger partial charge on any atom is -0.450 e. The molecule has 0 saturated carbocycles. The third-order valence-corrected chi connectivity index (χ3v) is 2.85. The van der Waals surface area contributed by atoms with E-state index in [0.29, 0.717) is 0 Å². The van der Waals surface area contributed by atoms with Crippen molar-refractivity contribution in [3.63, 3.8) is 0 Å². The lowest BCUT2D eigenvalue weighted by molar-refractivity contribution is -0.384. The van der Waals surface area contributed by atoms with Gasteiger partial charge in [0.2, 0.25) is 5.91 Å². The van der Waals surface area contributed by atoms with Gasteiger partial charge in [-0.15, -0.1) is 0 Å². The Balaban J connectivity index is 2.29. The molecule has 23 heavy (non-hydrogen) atoms. The Kier molecular flexibility index (Phi) is 4.64. The van der Waals surface area contributed by atoms with Gasteiger partial charge in [0.15, 0.2) is 0 Å². The lowest BCUT2D eigenvalue weighted by Gasteiger charge is -2.07. The molecule has 1 heterocycles. The van der Waals surface area contributed by atoms with Crippen LogP contribution in [0.15, 0.2) is 29.3 Å². The first-order valence-electron chi connectivity index (χ1n) is 6.52. The van der Waals surface area contributed by atoms with E-state index in [1.165, 1.54) is 12.1 Å². The quantitative estimate of drug-likeness (QED) is 0.643. The molecule has 0 fully saturated rings. The maximum Gasteiger partial charge on any atom is 0.413 e. The Bertz CT molecular complexity index is 844. The number of nitrogens with zero attached hydrogens (tertiary/aromatic N) is 3. The van der Waals surface area contributed by atoms with E-state index in [1.54, 1.807) is 6.92 Å². The zero-order valence-corrected chi connectivity index (χ0v) is 12.0. The number of fused-ring (bicyclic) bond motifs is 1. The molecular weight excluding hydrogens is 308 g/mol. The summed E-state index contributed by atoms with van der Waals surface area (Å²) in [5.74, 6) is -0.767. The number of rotatable bonds is 4. The minimum absolute atomic E-state index is 0.00522. The van der Waals surface area contributed by atoms with Gasteiger partial charge in [0, 0.05) is 12.1 Å². The van der Waals surface area contributed by atoms with Crippen molar-refractivity contribution in [1.82, 2.24) is 14.9 Å². The van der Waals surface area contributed by atoms with E-state index in [2.05, 4.69) is 9.72 Å². The number of non-ortho nitro benzene ring substituents is 1. The van der Waals surface area contributed by atoms with E-state index >= 15 is 0 Å². The molecule has 0 atom stereocenters. The molecule has 0 aliphatic rings. The van der Waals surface area contributed by atoms with Gasteiger partial charge < -0.3 is 4.74 Å². The van der Waals surface area contributed by atoms with Crippen LogP contribution in [0.1, 0.15) is 6.92 Å². The number of ether oxygens (including phenoxy) is 1. The van der Waals surface area contributed by atoms with Crippen LogP contribution in [0.4, 0.5) is 10.5 Å². The van der Waals surface area contributed by atoms with E-state index in [1.807, 2.05) is 5.32 Å². The van der Waals surface area contributed by atoms with Gasteiger partial charge in [-0.1, -0.05) is 0 Å². The largest absolute Gasteiger partial charge is 0.450 e. The van der Waals surface area contributed by atoms with Gasteiger partial charge in [0.1, 0.15) is 6.54 Å². The number of alkyl carbamates (subject to hydrolysis) is 1. The number of carbonyl (C=O) groups is 2. The number of aromatic nitrogens is 2. The zero-order valence-electron chi connectivity index (χ0n) is 12.0. The summed E-state index contributed by atoms with van der Waals surface area (Å²) in [5.41, 5.74) is -0.620. The van der Waals surface area contributed by atoms with Gasteiger partial charge in [-0.05, 0) is 13.0 Å². The highest BCUT2D eigenvalue weighted by Gasteiger charge is 2.14. The van der Waals surface area contributed by atoms with Crippen LogP contribution in [0.2, 0.25) is 0 Å². The second-order valence-electron chi connectivity index (χ2n) is 4.40. The fourth-order valence-corrected chi connectivity index (χ4v) is 1.85. The number of amides is 2. The molecular formula is C13H12N4O6. The average molecular weight is 320 g/mol. The fraction of sp³-hybridized carbons (Fsp3) is 0.231. The molecule has 2 aromatic rings. The molecule has 0 saturated heterocycles. The number of imide groups is 1. The lowest BCUT2D eigenvalue weighted by atomic mass is 10.2. The first kappa shape index (κ1) is 16.1. The second kappa shape index (κ2) is 6.64. The number of hydrogen-bond donors (Lipinski definition) is 1. The summed E-state index contributed by atoms with van der Waals surface area (Å²) in [4.78, 5) is 49.1. The Labute approximate surface area is 128 Å². The molecule has 1 aromatic heterocycles. The lowest BCUT2D eigenvalue weighted by Crippen LogP contribution is -2.36. The SMILES string of the molecule is CCOC(=O)NC(=O)Cn1cnc2ccc([N+](=O)[O-])cc2c1=O. The van der Waals surface area contributed by atoms with Gasteiger partial charge in [-0.2, -0.15) is 0 Å². The van der Waals surface area contributed by atoms with Crippen LogP contribution in [0, 0.1) is 10.1 Å². The van der Waals surface area contributed by atoms with Crippen LogP contribution in [0.5, 0.6) is 0 Å². The molecule has 10 heteroatoms. The van der Waals surface area contributed by atoms with Gasteiger partial charge >= 0.3 is 6.09 Å². The van der Waals surface area contributed by atoms with Crippen LogP contribution < -0.4 is 10.9 Å². The molecule has 0 bridgehead atoms. The third-order valence-electron chi connectivity index (χ3n) is 2.85. The van der Waals surface area contributed by atoms with Crippen molar-refractivity contribution in [2.45, 2.75) is 13.5 Å². The fourth-order valence-electron chi connectivity index (χ4n) is 1.85. The molecule has 10 nitrogen and oxygen atoms in total. The highest BCUT2D eigenvalue weighted by molar-refractivity contribution is 5.91. The molecule has 0 unspecified atom stereocenters. The van der Waals surface area contributed by atoms with Gasteiger partial charge in [-0.3, -0.25) is 29.6 Å². The van der Waals surface area contributed by atoms with Crippen molar-refractivity contribution < 1.29 is 19.2 Å². The zero-order chi connectivity index (χ0) is 17.0. The maximum absolute atomic E-state index is 12.3. The average Bonchev–Trinajstić information content (AvgIpc) is 2.50. The number of nitro groups is 1. The highest BCUT2D eigenvalue weighted by atomic mass is 16.6. The predicted molar refractivity (Wildman–Crippen MR) is 77.8 cm³/mol. The number of nitrogens with one attached hydrogen (secondary N) is 1. The molecule has 1 N–H and O–H groups in total. The first-order chi connectivity index (χ1) is 10.9. The molecule has 0 radical (unpaired) electrons. The Morgan fingerprint density at radius 2 is 2.17 bits per heavy atom. The normalized spacial score (nSPS) is 10.3. The molecule has 0 spiro atoms. The first-order valence-corrected chi connectivity index (χ1v) is 6.52. The van der Waals surface area contributed by atoms with E-state index in [4.69, 9.17) is 0 Å². The Morgan fingerprint density at radius 3 is 2.83 bits per heavy atom. The van der Waals surface area contributed by atoms with Crippen molar-refractivity contribution in [2.24, 2.45) is 0 Å². The summed E-state index contributed by atoms with van der Waals surface area (Å²) in [5, 5.41) is 12.7. The summed E-state index contributed by atoms with van der Waals surface area (Å²) in [6, 6.07) is 3.66. The molecule has 0 aliphatic carbocycles. The summed E-state index contributed by atoms with van der Waals surface area (Å²) in [6.07, 6.45) is 0.205. The van der Waals surface area contributed by atoms with E-state index in [9.17, 15) is 24.5 Å². The summed E-state index contributed by atoms with van der Waals surface area (Å²) in [6.45, 7) is 1.21. The standard InChI is InChI=1S/C13H12N4O6/c1-2-23-13(20)15-11(18)6-16-7-14-10-4-3-8(17(21)22)5-9(10)12(16)19/h3-5,7H,2,6H2,1H3,(H,15,18,20). The van der Waals surface area contributed by atoms with Gasteiger partial charge in [-0.25, -0.2) is 9.78 Å². The molecule has 2 amide bonds. The van der Waals surface area contributed by atoms with Crippen molar-refractivity contribution in [2.75, 3.05) is 6.61 Å². The molecule has 120 valence electrons. The van der Waals surface area contributed by atoms with E-state index in [-0.39, 0.29) is 23.2 Å². The smallest absolute Gasteiger partial charge is 0.413 e. The van der Waals surface area contributed by atoms with Crippen molar-refractivity contribution >= 4 is 28.6 Å². The van der Waals surface area contributed by atoms with Crippen LogP contribution in [0.25, 0.3) is 10.9 Å². The number of benzene rings is 1. The van der Waals surface area contributed by atoms with E-state index < -0.39 is 29.0 Å². The van der Waals surface area contributed by atoms with Crippen molar-refractivity contribution in [3.05, 3.63) is 45.0 Å². The number of hydrogen-bond acceptors (Lipinski definition) is 7. The van der Waals surface area contributed by atoms with Crippen LogP contribution >= 0.6 is 0 Å². The minimum atomic E-state index is -0.921. The summed E-state index contributed by atoms with van der Waals surface area (Å²) >= 11 is 0. The van der Waals surface area contributed by atoms with Crippen molar-refractivity contribution in [3.8, 4) is 0 Å². The monoisotopic (exact) mass is 320 g/mol. The Hall–Kier alpha value is -3.30. The van der Waals surface area contributed by atoms with Gasteiger partial charge in [0.05, 0.1) is 28.8 Å². The van der Waals surface area contributed by atoms with E-state index in [0.717, 1.165) is 17.0 Å². The number of nitro benzene ring substituents is 1. The summed E-state index contributed by atoms with van der Waals surface area (Å²) in [7, 11) is 0. The van der Waals surface area contributed by atoms with Crippen LogP contribution in [-0.4, -0.2) is 33.1 Å². The number of carbonyl (C=O) groups excluding carboxylic acids is 2. The predicted octanol–water partition coefficient (Wildman–Crippen LogP) is 0.577. The second-order valence-corrected chi connectivity index (χ2v) is 4.40. The summed E-state index contributed by atoms with van der Waals surface area (Å²) < 4.78 is 5.49. The highest BCUT2D eigenvalue weighted by Crippen LogP contribution is 2.16. The molecule has 0 aliphatic heterocycles. The molecule has 2 rings (SSSR count). The topological polar surface area (TPSA) is 133 Å².